The highest BCUT2D eigenvalue weighted by Gasteiger charge is 2.33. The van der Waals surface area contributed by atoms with Crippen molar-refractivity contribution in [1.29, 1.82) is 0 Å². The van der Waals surface area contributed by atoms with E-state index in [1.165, 1.54) is 0 Å². The summed E-state index contributed by atoms with van der Waals surface area (Å²) in [6.45, 7) is 8.32. The lowest BCUT2D eigenvalue weighted by atomic mass is 9.91. The molecule has 17 heavy (non-hydrogen) atoms. The number of nitrogens with one attached hydrogen (secondary N) is 1. The molecule has 0 aromatic rings. The van der Waals surface area contributed by atoms with Gasteiger partial charge >= 0.3 is 5.97 Å². The Morgan fingerprint density at radius 1 is 1.59 bits per heavy atom. The Morgan fingerprint density at radius 3 is 2.76 bits per heavy atom. The van der Waals surface area contributed by atoms with E-state index in [9.17, 15) is 9.90 Å². The van der Waals surface area contributed by atoms with E-state index in [2.05, 4.69) is 19.2 Å². The molecular formula is C13H25NO3. The molecule has 0 bridgehead atoms. The molecule has 1 aliphatic rings. The van der Waals surface area contributed by atoms with E-state index in [1.54, 1.807) is 6.92 Å². The lowest BCUT2D eigenvalue weighted by Crippen LogP contribution is -2.51. The molecule has 1 saturated heterocycles. The van der Waals surface area contributed by atoms with E-state index in [-0.39, 0.29) is 0 Å². The molecule has 1 heterocycles. The number of carboxylic acid groups (broad SMARTS) is 1. The van der Waals surface area contributed by atoms with Crippen LogP contribution in [0.3, 0.4) is 0 Å². The Balaban J connectivity index is 2.42. The van der Waals surface area contributed by atoms with Crippen LogP contribution in [0.15, 0.2) is 0 Å². The lowest BCUT2D eigenvalue weighted by molar-refractivity contribution is -0.144. The van der Waals surface area contributed by atoms with Gasteiger partial charge in [-0.25, -0.2) is 0 Å². The van der Waals surface area contributed by atoms with Gasteiger partial charge in [0.25, 0.3) is 0 Å². The van der Waals surface area contributed by atoms with Crippen molar-refractivity contribution in [1.82, 2.24) is 5.32 Å². The summed E-state index contributed by atoms with van der Waals surface area (Å²) in [6.07, 6.45) is 2.64. The predicted octanol–water partition coefficient (Wildman–Crippen LogP) is 1.89. The first kappa shape index (κ1) is 14.5. The SMILES string of the molecule is CC(C)CCC(C)(NCC1CCOC1)C(=O)O. The van der Waals surface area contributed by atoms with Crippen molar-refractivity contribution in [2.45, 2.75) is 45.6 Å². The zero-order chi connectivity index (χ0) is 12.9. The fourth-order valence-electron chi connectivity index (χ4n) is 1.96. The van der Waals surface area contributed by atoms with Crippen molar-refractivity contribution >= 4 is 5.97 Å². The van der Waals surface area contributed by atoms with Gasteiger partial charge in [-0.15, -0.1) is 0 Å². The zero-order valence-electron chi connectivity index (χ0n) is 11.2. The fourth-order valence-corrected chi connectivity index (χ4v) is 1.96. The van der Waals surface area contributed by atoms with Crippen molar-refractivity contribution in [3.8, 4) is 0 Å². The number of hydrogen-bond donors (Lipinski definition) is 2. The molecule has 2 unspecified atom stereocenters. The molecule has 4 heteroatoms. The number of ether oxygens (including phenoxy) is 1. The largest absolute Gasteiger partial charge is 0.480 e. The average Bonchev–Trinajstić information content (AvgIpc) is 2.76. The molecule has 0 radical (unpaired) electrons. The van der Waals surface area contributed by atoms with Gasteiger partial charge in [0, 0.05) is 13.2 Å². The summed E-state index contributed by atoms with van der Waals surface area (Å²) in [6, 6.07) is 0. The maximum atomic E-state index is 11.3. The summed E-state index contributed by atoms with van der Waals surface area (Å²) in [4.78, 5) is 11.3. The molecule has 0 spiro atoms. The van der Waals surface area contributed by atoms with Gasteiger partial charge in [-0.2, -0.15) is 0 Å². The van der Waals surface area contributed by atoms with Crippen LogP contribution in [0, 0.1) is 11.8 Å². The van der Waals surface area contributed by atoms with E-state index in [4.69, 9.17) is 4.74 Å². The highest BCUT2D eigenvalue weighted by atomic mass is 16.5. The third kappa shape index (κ3) is 4.64. The number of aliphatic carboxylic acids is 1. The molecule has 1 rings (SSSR count). The van der Waals surface area contributed by atoms with Gasteiger partial charge in [0.1, 0.15) is 5.54 Å². The van der Waals surface area contributed by atoms with Crippen LogP contribution in [-0.2, 0) is 9.53 Å². The summed E-state index contributed by atoms with van der Waals surface area (Å²) in [5.41, 5.74) is -0.799. The van der Waals surface area contributed by atoms with Crippen LogP contribution >= 0.6 is 0 Å². The summed E-state index contributed by atoms with van der Waals surface area (Å²) in [5, 5.41) is 12.5. The van der Waals surface area contributed by atoms with Gasteiger partial charge in [-0.3, -0.25) is 4.79 Å². The molecular weight excluding hydrogens is 218 g/mol. The third-order valence-electron chi connectivity index (χ3n) is 3.50. The van der Waals surface area contributed by atoms with Gasteiger partial charge in [0.2, 0.25) is 0 Å². The first-order valence-electron chi connectivity index (χ1n) is 6.50. The van der Waals surface area contributed by atoms with Crippen LogP contribution in [0.25, 0.3) is 0 Å². The van der Waals surface area contributed by atoms with Crippen molar-refractivity contribution in [3.05, 3.63) is 0 Å². The van der Waals surface area contributed by atoms with Gasteiger partial charge in [0.15, 0.2) is 0 Å². The minimum atomic E-state index is -0.799. The molecule has 1 aliphatic heterocycles. The topological polar surface area (TPSA) is 58.6 Å². The maximum Gasteiger partial charge on any atom is 0.323 e. The summed E-state index contributed by atoms with van der Waals surface area (Å²) >= 11 is 0. The van der Waals surface area contributed by atoms with Crippen LogP contribution < -0.4 is 5.32 Å². The van der Waals surface area contributed by atoms with Crippen molar-refractivity contribution in [3.63, 3.8) is 0 Å². The predicted molar refractivity (Wildman–Crippen MR) is 67.0 cm³/mol. The van der Waals surface area contributed by atoms with E-state index < -0.39 is 11.5 Å². The van der Waals surface area contributed by atoms with E-state index in [0.717, 1.165) is 32.6 Å². The number of carboxylic acids is 1. The Kier molecular flexibility index (Phi) is 5.40. The fraction of sp³-hybridized carbons (Fsp3) is 0.923. The molecule has 4 nitrogen and oxygen atoms in total. The van der Waals surface area contributed by atoms with Gasteiger partial charge in [-0.1, -0.05) is 13.8 Å². The molecule has 0 aliphatic carbocycles. The van der Waals surface area contributed by atoms with Crippen LogP contribution in [0.4, 0.5) is 0 Å². The molecule has 100 valence electrons. The molecule has 0 saturated carbocycles. The third-order valence-corrected chi connectivity index (χ3v) is 3.50. The minimum Gasteiger partial charge on any atom is -0.480 e. The van der Waals surface area contributed by atoms with E-state index in [1.807, 2.05) is 0 Å². The second-order valence-corrected chi connectivity index (χ2v) is 5.68. The standard InChI is InChI=1S/C13H25NO3/c1-10(2)4-6-13(3,12(15)16)14-8-11-5-7-17-9-11/h10-11,14H,4-9H2,1-3H3,(H,15,16). The normalized spacial score (nSPS) is 23.9. The van der Waals surface area contributed by atoms with Crippen LogP contribution in [0.1, 0.15) is 40.0 Å². The summed E-state index contributed by atoms with van der Waals surface area (Å²) < 4.78 is 5.29. The van der Waals surface area contributed by atoms with Crippen molar-refractivity contribution in [2.24, 2.45) is 11.8 Å². The molecule has 0 aromatic carbocycles. The average molecular weight is 243 g/mol. The lowest BCUT2D eigenvalue weighted by Gasteiger charge is -2.28. The number of carbonyl (C=O) groups is 1. The van der Waals surface area contributed by atoms with E-state index >= 15 is 0 Å². The first-order chi connectivity index (χ1) is 7.94. The molecule has 0 amide bonds. The van der Waals surface area contributed by atoms with Gasteiger partial charge < -0.3 is 15.2 Å². The van der Waals surface area contributed by atoms with Crippen LogP contribution in [-0.4, -0.2) is 36.4 Å². The second-order valence-electron chi connectivity index (χ2n) is 5.68. The Labute approximate surface area is 104 Å². The van der Waals surface area contributed by atoms with Gasteiger partial charge in [0.05, 0.1) is 6.61 Å². The smallest absolute Gasteiger partial charge is 0.323 e. The summed E-state index contributed by atoms with van der Waals surface area (Å²) in [7, 11) is 0. The second kappa shape index (κ2) is 6.36. The first-order valence-corrected chi connectivity index (χ1v) is 6.50. The highest BCUT2D eigenvalue weighted by molar-refractivity contribution is 5.78. The van der Waals surface area contributed by atoms with Crippen LogP contribution in [0.5, 0.6) is 0 Å². The molecule has 2 atom stereocenters. The zero-order valence-corrected chi connectivity index (χ0v) is 11.2. The van der Waals surface area contributed by atoms with Gasteiger partial charge in [-0.05, 0) is 38.0 Å². The molecule has 1 fully saturated rings. The molecule has 0 aromatic heterocycles. The van der Waals surface area contributed by atoms with Crippen LogP contribution in [0.2, 0.25) is 0 Å². The Morgan fingerprint density at radius 2 is 2.29 bits per heavy atom. The quantitative estimate of drug-likeness (QED) is 0.717. The highest BCUT2D eigenvalue weighted by Crippen LogP contribution is 2.19. The number of rotatable bonds is 7. The van der Waals surface area contributed by atoms with Crippen molar-refractivity contribution in [2.75, 3.05) is 19.8 Å². The number of hydrogen-bond acceptors (Lipinski definition) is 3. The Hall–Kier alpha value is -0.610. The maximum absolute atomic E-state index is 11.3. The summed E-state index contributed by atoms with van der Waals surface area (Å²) in [5.74, 6) is 0.245. The van der Waals surface area contributed by atoms with Crippen molar-refractivity contribution < 1.29 is 14.6 Å². The minimum absolute atomic E-state index is 0.465. The monoisotopic (exact) mass is 243 g/mol. The molecule has 2 N–H and O–H groups in total. The Bertz CT molecular complexity index is 249. The van der Waals surface area contributed by atoms with E-state index in [0.29, 0.717) is 18.3 Å².